The molecule has 4 rings (SSSR count). The van der Waals surface area contributed by atoms with Gasteiger partial charge in [-0.1, -0.05) is 85.5 Å². The van der Waals surface area contributed by atoms with Gasteiger partial charge in [-0.05, 0) is 89.9 Å². The Labute approximate surface area is 682 Å². The average molecular weight is 1650 g/mol. The second kappa shape index (κ2) is 62.8. The molecule has 0 aromatic rings. The minimum absolute atomic E-state index is 0.0332. The van der Waals surface area contributed by atoms with Gasteiger partial charge in [0.05, 0.1) is 96.5 Å². The lowest BCUT2D eigenvalue weighted by Crippen LogP contribution is -2.55. The smallest absolute Gasteiger partial charge is 0.222 e. The first-order chi connectivity index (χ1) is 55.2. The van der Waals surface area contributed by atoms with Crippen LogP contribution in [0.15, 0.2) is 0 Å². The summed E-state index contributed by atoms with van der Waals surface area (Å²) < 4.78 is 57.0. The number of rotatable bonds is 66. The number of nitrogens with zero attached hydrogens (tertiary/aromatic N) is 1. The number of β-amino-alcohol motifs (C(OH)–C–C–N with tert-alkyl or cyclic N) is 1. The lowest BCUT2D eigenvalue weighted by molar-refractivity contribution is -0.282. The van der Waals surface area contributed by atoms with E-state index in [-0.39, 0.29) is 125 Å². The summed E-state index contributed by atoms with van der Waals surface area (Å²) in [6.07, 6.45) is 10.9. The van der Waals surface area contributed by atoms with Crippen molar-refractivity contribution in [1.29, 1.82) is 0 Å². The van der Waals surface area contributed by atoms with Crippen molar-refractivity contribution in [3.63, 3.8) is 0 Å². The number of carbonyl (C=O) groups excluding carboxylic acids is 8. The Hall–Kier alpha value is -4.24. The van der Waals surface area contributed by atoms with Crippen molar-refractivity contribution in [3.05, 3.63) is 0 Å². The van der Waals surface area contributed by atoms with Crippen LogP contribution in [0.1, 0.15) is 252 Å². The quantitative estimate of drug-likeness (QED) is 0.0375. The van der Waals surface area contributed by atoms with Crippen LogP contribution >= 0.6 is 0 Å². The molecule has 4 heterocycles. The first-order valence-electron chi connectivity index (χ1n) is 43.0. The lowest BCUT2D eigenvalue weighted by Gasteiger charge is -2.40. The minimum Gasteiger partial charge on any atom is -0.394 e. The summed E-state index contributed by atoms with van der Waals surface area (Å²) in [6, 6.07) is 0.0332. The van der Waals surface area contributed by atoms with E-state index in [9.17, 15) is 89.4 Å². The van der Waals surface area contributed by atoms with Gasteiger partial charge in [0.15, 0.2) is 18.9 Å². The third-order valence-corrected chi connectivity index (χ3v) is 21.7. The molecule has 670 valence electrons. The molecule has 0 bridgehead atoms. The third kappa shape index (κ3) is 44.8. The minimum atomic E-state index is -1.21. The average Bonchev–Trinajstić information content (AvgIpc) is 1.62. The number of unbranched alkanes of at least 4 members (excludes halogenated alkanes) is 15. The molecule has 0 aromatic heterocycles. The van der Waals surface area contributed by atoms with Crippen LogP contribution in [-0.2, 0) is 85.7 Å². The van der Waals surface area contributed by atoms with Gasteiger partial charge < -0.3 is 119 Å². The number of amides is 4. The summed E-state index contributed by atoms with van der Waals surface area (Å²) in [6.45, 7) is 9.17. The number of methoxy groups -OCH3 is 1. The fourth-order valence-electron chi connectivity index (χ4n) is 14.2. The Morgan fingerprint density at radius 3 is 1.08 bits per heavy atom. The summed E-state index contributed by atoms with van der Waals surface area (Å²) in [7, 11) is 3.32. The summed E-state index contributed by atoms with van der Waals surface area (Å²) in [5.74, 6) is -1.20. The van der Waals surface area contributed by atoms with Crippen molar-refractivity contribution >= 4 is 46.8 Å². The number of nitrogens with one attached hydrogen (secondary N) is 3. The Morgan fingerprint density at radius 1 is 0.391 bits per heavy atom. The van der Waals surface area contributed by atoms with Gasteiger partial charge in [0.2, 0.25) is 23.6 Å². The van der Waals surface area contributed by atoms with Crippen LogP contribution in [0.4, 0.5) is 0 Å². The SMILES string of the molecule is CC1C(OCCCCC(=O)CCCCCC(=O)CCOCC(C)(COCCC(=O)CCCCCC(=O)CCCCOC2OC(CO)C(O)C(O)C2C)COCCC(=O)NCCCNC(=O)CCCCOC2OC(CO)C(O)C(O)C2C)OC(CO)C(O)C1O.CNC(=O)CCCCCCCCCCCC(=O)N1CC(O)C[C@H]1COC. The molecule has 32 heteroatoms. The van der Waals surface area contributed by atoms with Gasteiger partial charge >= 0.3 is 0 Å². The Bertz CT molecular complexity index is 2420. The Balaban J connectivity index is 0.00000111. The number of Topliss-reactive ketones (excluding diaryl/α,β-unsaturated/α-hetero) is 4. The first kappa shape index (κ1) is 105. The van der Waals surface area contributed by atoms with Crippen molar-refractivity contribution in [2.45, 2.75) is 338 Å². The van der Waals surface area contributed by atoms with Gasteiger partial charge in [0.1, 0.15) is 59.8 Å². The molecule has 0 aliphatic carbocycles. The van der Waals surface area contributed by atoms with E-state index in [0.717, 1.165) is 38.5 Å². The van der Waals surface area contributed by atoms with Crippen molar-refractivity contribution in [3.8, 4) is 0 Å². The fourth-order valence-corrected chi connectivity index (χ4v) is 14.2. The number of hydrogen-bond acceptors (Lipinski definition) is 28. The van der Waals surface area contributed by atoms with Crippen LogP contribution in [-0.4, -0.2) is 308 Å². The maximum atomic E-state index is 12.8. The zero-order valence-electron chi connectivity index (χ0n) is 70.1. The zero-order valence-corrected chi connectivity index (χ0v) is 70.1. The monoisotopic (exact) mass is 1650 g/mol. The molecule has 0 aromatic carbocycles. The number of aliphatic hydroxyl groups excluding tert-OH is 10. The predicted molar refractivity (Wildman–Crippen MR) is 424 cm³/mol. The largest absolute Gasteiger partial charge is 0.394 e. The van der Waals surface area contributed by atoms with Gasteiger partial charge in [-0.25, -0.2) is 0 Å². The molecule has 4 aliphatic rings. The van der Waals surface area contributed by atoms with E-state index in [1.54, 1.807) is 39.8 Å². The molecular weight excluding hydrogens is 1500 g/mol. The highest BCUT2D eigenvalue weighted by Crippen LogP contribution is 2.31. The van der Waals surface area contributed by atoms with E-state index in [1.807, 2.05) is 6.92 Å². The normalized spacial score (nSPS) is 26.0. The van der Waals surface area contributed by atoms with E-state index >= 15 is 0 Å². The van der Waals surface area contributed by atoms with Crippen molar-refractivity contribution in [2.24, 2.45) is 23.2 Å². The van der Waals surface area contributed by atoms with Gasteiger partial charge in [-0.2, -0.15) is 0 Å². The van der Waals surface area contributed by atoms with Crippen molar-refractivity contribution in [1.82, 2.24) is 20.9 Å². The molecule has 32 nitrogen and oxygen atoms in total. The number of carbonyl (C=O) groups is 8. The number of hydrogen-bond donors (Lipinski definition) is 13. The molecule has 0 saturated carbocycles. The molecular formula is C83H150N4O28. The molecule has 17 atom stereocenters. The Kier molecular flexibility index (Phi) is 57.3. The summed E-state index contributed by atoms with van der Waals surface area (Å²) in [5.41, 5.74) is -0.686. The van der Waals surface area contributed by atoms with Crippen LogP contribution in [0.25, 0.3) is 0 Å². The van der Waals surface area contributed by atoms with Crippen LogP contribution in [0, 0.1) is 23.2 Å². The number of likely N-dealkylation sites (tertiary alicyclic amines) is 1. The van der Waals surface area contributed by atoms with Crippen LogP contribution < -0.4 is 16.0 Å². The van der Waals surface area contributed by atoms with E-state index in [0.29, 0.717) is 168 Å². The molecule has 0 radical (unpaired) electrons. The van der Waals surface area contributed by atoms with E-state index < -0.39 is 123 Å². The van der Waals surface area contributed by atoms with Crippen LogP contribution in [0.3, 0.4) is 0 Å². The fraction of sp³-hybridized carbons (Fsp3) is 0.904. The maximum absolute atomic E-state index is 12.8. The van der Waals surface area contributed by atoms with Crippen molar-refractivity contribution in [2.75, 3.05) is 120 Å². The van der Waals surface area contributed by atoms with E-state index in [4.69, 9.17) is 47.4 Å². The second-order valence-corrected chi connectivity index (χ2v) is 32.1. The molecule has 4 amide bonds. The Morgan fingerprint density at radius 2 is 0.704 bits per heavy atom. The van der Waals surface area contributed by atoms with Crippen molar-refractivity contribution < 1.29 is 137 Å². The highest BCUT2D eigenvalue weighted by molar-refractivity contribution is 5.80. The number of ketones is 4. The summed E-state index contributed by atoms with van der Waals surface area (Å²) >= 11 is 0. The van der Waals surface area contributed by atoms with Gasteiger partial charge in [0, 0.05) is 154 Å². The topological polar surface area (TPSA) is 470 Å². The highest BCUT2D eigenvalue weighted by Gasteiger charge is 2.45. The molecule has 4 aliphatic heterocycles. The van der Waals surface area contributed by atoms with Crippen LogP contribution in [0.2, 0.25) is 0 Å². The van der Waals surface area contributed by atoms with Gasteiger partial charge in [-0.3, -0.25) is 38.4 Å². The van der Waals surface area contributed by atoms with Crippen LogP contribution in [0.5, 0.6) is 0 Å². The van der Waals surface area contributed by atoms with E-state index in [1.165, 1.54) is 32.1 Å². The zero-order chi connectivity index (χ0) is 84.8. The first-order valence-corrected chi connectivity index (χ1v) is 43.0. The van der Waals surface area contributed by atoms with Gasteiger partial charge in [0.25, 0.3) is 0 Å². The standard InChI is InChI=1S/C63H112N2O24.C20H38N2O4/c1-42-54(75)57(78)49(36-66)87-60(42)84-30-14-11-22-45(69)18-7-5-9-20-47(71)25-33-81-39-63(4,40-82-34-26-48(72)21-10-6-8-19-46(70)23-12-15-31-85-61-43(2)55(76)58(79)50(37-67)88-61)41-83-35-27-53(74)65-29-17-28-64-52(73)24-13-16-32-86-62-44(3)56(77)59(80)51(38-68)89-62;1-21-19(24)12-10-8-6-4-3-5-7-9-11-13-20(25)22-15-18(23)14-17(22)16-26-2/h42-44,49-51,54-62,66-68,75-80H,5-41H2,1-4H3,(H,64,73)(H,65,74);17-18,23H,3-16H2,1-2H3,(H,21,24)/t;17-,18?/m.0/s1. The van der Waals surface area contributed by atoms with Gasteiger partial charge in [-0.15, -0.1) is 0 Å². The second-order valence-electron chi connectivity index (χ2n) is 32.1. The maximum Gasteiger partial charge on any atom is 0.222 e. The number of ether oxygens (including phenoxy) is 10. The molecule has 115 heavy (non-hydrogen) atoms. The van der Waals surface area contributed by atoms with E-state index in [2.05, 4.69) is 16.0 Å². The number of aliphatic hydroxyl groups is 10. The molecule has 13 N–H and O–H groups in total. The molecule has 4 saturated heterocycles. The molecule has 0 spiro atoms. The predicted octanol–water partition coefficient (Wildman–Crippen LogP) is 4.43. The summed E-state index contributed by atoms with van der Waals surface area (Å²) in [5, 5.41) is 107. The molecule has 16 unspecified atom stereocenters. The lowest BCUT2D eigenvalue weighted by atomic mass is 9.92. The third-order valence-electron chi connectivity index (χ3n) is 21.7. The highest BCUT2D eigenvalue weighted by atomic mass is 16.7. The summed E-state index contributed by atoms with van der Waals surface area (Å²) in [4.78, 5) is 101. The molecule has 4 fully saturated rings.